The van der Waals surface area contributed by atoms with Gasteiger partial charge in [0.05, 0.1) is 24.4 Å². The van der Waals surface area contributed by atoms with Gasteiger partial charge < -0.3 is 23.5 Å². The van der Waals surface area contributed by atoms with E-state index in [0.29, 0.717) is 37.0 Å². The Hall–Kier alpha value is -3.39. The Kier molecular flexibility index (Phi) is 4.26. The number of oxazole rings is 1. The molecule has 8 heteroatoms. The van der Waals surface area contributed by atoms with Gasteiger partial charge in [-0.3, -0.25) is 9.98 Å². The van der Waals surface area contributed by atoms with Crippen LogP contribution in [0.2, 0.25) is 0 Å². The first-order chi connectivity index (χ1) is 15.5. The summed E-state index contributed by atoms with van der Waals surface area (Å²) in [6, 6.07) is 9.42. The maximum atomic E-state index is 6.19. The molecule has 2 aromatic heterocycles. The van der Waals surface area contributed by atoms with Crippen molar-refractivity contribution in [2.75, 3.05) is 32.9 Å². The summed E-state index contributed by atoms with van der Waals surface area (Å²) in [5, 5.41) is 0. The monoisotopic (exact) mass is 432 g/mol. The molecular formula is C24H24N4O4. The first-order valence-corrected chi connectivity index (χ1v) is 10.8. The van der Waals surface area contributed by atoms with Gasteiger partial charge in [0.25, 0.3) is 0 Å². The Morgan fingerprint density at radius 3 is 2.94 bits per heavy atom. The highest BCUT2D eigenvalue weighted by Crippen LogP contribution is 2.42. The van der Waals surface area contributed by atoms with Crippen molar-refractivity contribution in [1.82, 2.24) is 14.9 Å². The molecule has 3 aromatic rings. The third-order valence-electron chi connectivity index (χ3n) is 6.24. The van der Waals surface area contributed by atoms with Crippen LogP contribution in [0.1, 0.15) is 13.8 Å². The van der Waals surface area contributed by atoms with Crippen LogP contribution in [0, 0.1) is 0 Å². The van der Waals surface area contributed by atoms with Crippen LogP contribution in [-0.4, -0.2) is 65.1 Å². The number of aliphatic imine (C=N–C) groups is 1. The van der Waals surface area contributed by atoms with Gasteiger partial charge in [-0.1, -0.05) is 0 Å². The first-order valence-electron chi connectivity index (χ1n) is 10.8. The molecule has 0 bridgehead atoms. The number of hydrogen-bond donors (Lipinski definition) is 0. The second-order valence-electron chi connectivity index (χ2n) is 8.68. The summed E-state index contributed by atoms with van der Waals surface area (Å²) in [7, 11) is 0. The van der Waals surface area contributed by atoms with Crippen molar-refractivity contribution >= 4 is 17.3 Å². The maximum Gasteiger partial charge on any atom is 0.228 e. The second-order valence-corrected chi connectivity index (χ2v) is 8.68. The molecule has 5 heterocycles. The Morgan fingerprint density at radius 2 is 2.06 bits per heavy atom. The van der Waals surface area contributed by atoms with Gasteiger partial charge in [-0.05, 0) is 38.1 Å². The molecule has 1 saturated heterocycles. The molecule has 0 radical (unpaired) electrons. The third-order valence-corrected chi connectivity index (χ3v) is 6.24. The number of morpholine rings is 1. The van der Waals surface area contributed by atoms with E-state index < -0.39 is 11.1 Å². The number of rotatable bonds is 4. The van der Waals surface area contributed by atoms with Gasteiger partial charge in [0.2, 0.25) is 5.89 Å². The van der Waals surface area contributed by atoms with Crippen molar-refractivity contribution in [3.05, 3.63) is 54.2 Å². The van der Waals surface area contributed by atoms with Gasteiger partial charge in [-0.2, -0.15) is 0 Å². The zero-order valence-electron chi connectivity index (χ0n) is 18.1. The molecule has 0 amide bonds. The van der Waals surface area contributed by atoms with Gasteiger partial charge in [-0.25, -0.2) is 4.98 Å². The minimum atomic E-state index is -0.631. The zero-order valence-corrected chi connectivity index (χ0v) is 18.1. The van der Waals surface area contributed by atoms with E-state index in [0.717, 1.165) is 35.6 Å². The van der Waals surface area contributed by atoms with E-state index in [9.17, 15) is 0 Å². The molecule has 3 aliphatic rings. The van der Waals surface area contributed by atoms with E-state index in [4.69, 9.17) is 23.6 Å². The van der Waals surface area contributed by atoms with Gasteiger partial charge >= 0.3 is 0 Å². The summed E-state index contributed by atoms with van der Waals surface area (Å²) < 4.78 is 24.3. The van der Waals surface area contributed by atoms with Crippen LogP contribution >= 0.6 is 0 Å². The molecule has 32 heavy (non-hydrogen) atoms. The van der Waals surface area contributed by atoms with Crippen LogP contribution < -0.4 is 4.74 Å². The zero-order chi connectivity index (χ0) is 21.8. The normalized spacial score (nSPS) is 26.8. The number of pyridine rings is 1. The highest BCUT2D eigenvalue weighted by Gasteiger charge is 2.49. The van der Waals surface area contributed by atoms with Crippen molar-refractivity contribution in [3.63, 3.8) is 0 Å². The van der Waals surface area contributed by atoms with Crippen LogP contribution in [0.15, 0.2) is 63.6 Å². The summed E-state index contributed by atoms with van der Waals surface area (Å²) in [6.07, 6.45) is 5.35. The number of nitrogens with zero attached hydrogens (tertiary/aromatic N) is 4. The van der Waals surface area contributed by atoms with Crippen LogP contribution in [-0.2, 0) is 9.47 Å². The minimum absolute atomic E-state index is 0.338. The van der Waals surface area contributed by atoms with Gasteiger partial charge in [0, 0.05) is 31.2 Å². The molecule has 164 valence electrons. The molecule has 0 saturated carbocycles. The van der Waals surface area contributed by atoms with Crippen molar-refractivity contribution in [2.45, 2.75) is 25.0 Å². The lowest BCUT2D eigenvalue weighted by Gasteiger charge is -2.50. The fourth-order valence-corrected chi connectivity index (χ4v) is 4.55. The summed E-state index contributed by atoms with van der Waals surface area (Å²) in [4.78, 5) is 15.9. The number of ether oxygens (including phenoxy) is 3. The Bertz CT molecular complexity index is 1240. The van der Waals surface area contributed by atoms with E-state index in [1.165, 1.54) is 0 Å². The topological polar surface area (TPSA) is 82.2 Å². The summed E-state index contributed by atoms with van der Waals surface area (Å²) in [5.74, 6) is 2.08. The average Bonchev–Trinajstić information content (AvgIpc) is 3.25. The molecule has 1 aromatic carbocycles. The summed E-state index contributed by atoms with van der Waals surface area (Å²) in [5.41, 5.74) is 2.16. The van der Waals surface area contributed by atoms with Crippen molar-refractivity contribution in [3.8, 4) is 17.2 Å². The smallest absolute Gasteiger partial charge is 0.228 e. The Morgan fingerprint density at radius 1 is 1.16 bits per heavy atom. The highest BCUT2D eigenvalue weighted by molar-refractivity contribution is 5.78. The van der Waals surface area contributed by atoms with Crippen LogP contribution in [0.4, 0.5) is 0 Å². The molecule has 0 aliphatic carbocycles. The first kappa shape index (κ1) is 19.3. The molecule has 2 unspecified atom stereocenters. The third kappa shape index (κ3) is 3.05. The maximum absolute atomic E-state index is 6.19. The SMILES string of the molecule is CC1(COc2ccc3oc(-c4cccnc4)nc3c2)N=CC2(C)OCCN3CCOC1=C32. The van der Waals surface area contributed by atoms with Gasteiger partial charge in [0.15, 0.2) is 11.1 Å². The van der Waals surface area contributed by atoms with E-state index in [-0.39, 0.29) is 0 Å². The van der Waals surface area contributed by atoms with Crippen molar-refractivity contribution in [1.29, 1.82) is 0 Å². The average molecular weight is 432 g/mol. The summed E-state index contributed by atoms with van der Waals surface area (Å²) >= 11 is 0. The number of hydrogen-bond acceptors (Lipinski definition) is 8. The number of aromatic nitrogens is 2. The van der Waals surface area contributed by atoms with E-state index >= 15 is 0 Å². The Labute approximate surface area is 185 Å². The fraction of sp³-hybridized carbons (Fsp3) is 0.375. The molecule has 0 spiro atoms. The van der Waals surface area contributed by atoms with Crippen LogP contribution in [0.5, 0.6) is 5.75 Å². The molecule has 3 aliphatic heterocycles. The second kappa shape index (κ2) is 7.06. The lowest BCUT2D eigenvalue weighted by atomic mass is 9.86. The van der Waals surface area contributed by atoms with E-state index in [1.54, 1.807) is 12.4 Å². The molecule has 6 rings (SSSR count). The molecule has 2 atom stereocenters. The van der Waals surface area contributed by atoms with Gasteiger partial charge in [-0.15, -0.1) is 0 Å². The molecule has 1 fully saturated rings. The largest absolute Gasteiger partial charge is 0.491 e. The van der Waals surface area contributed by atoms with Gasteiger partial charge in [0.1, 0.15) is 35.8 Å². The molecule has 8 nitrogen and oxygen atoms in total. The minimum Gasteiger partial charge on any atom is -0.491 e. The Balaban J connectivity index is 1.27. The lowest BCUT2D eigenvalue weighted by molar-refractivity contribution is -0.0516. The predicted octanol–water partition coefficient (Wildman–Crippen LogP) is 3.44. The van der Waals surface area contributed by atoms with E-state index in [2.05, 4.69) is 14.9 Å². The molecular weight excluding hydrogens is 408 g/mol. The lowest BCUT2D eigenvalue weighted by Crippen LogP contribution is -2.57. The fourth-order valence-electron chi connectivity index (χ4n) is 4.55. The number of dihydropyridines is 1. The predicted molar refractivity (Wildman–Crippen MR) is 119 cm³/mol. The van der Waals surface area contributed by atoms with Crippen molar-refractivity contribution < 1.29 is 18.6 Å². The number of benzene rings is 1. The quantitative estimate of drug-likeness (QED) is 0.625. The van der Waals surface area contributed by atoms with Crippen molar-refractivity contribution in [2.24, 2.45) is 4.99 Å². The standard InChI is InChI=1S/C24H24N4O4/c1-23(21-20-24(2,14-26-23)31-11-9-28(20)8-10-29-21)15-30-17-5-6-19-18(12-17)27-22(32-19)16-4-3-7-25-13-16/h3-7,12-14H,8-11,15H2,1-2H3. The van der Waals surface area contributed by atoms with Crippen LogP contribution in [0.3, 0.4) is 0 Å². The van der Waals surface area contributed by atoms with E-state index in [1.807, 2.05) is 50.4 Å². The summed E-state index contributed by atoms with van der Waals surface area (Å²) in [6.45, 7) is 7.48. The number of fused-ring (bicyclic) bond motifs is 1. The molecule has 0 N–H and O–H groups in total. The van der Waals surface area contributed by atoms with Crippen LogP contribution in [0.25, 0.3) is 22.6 Å². The highest BCUT2D eigenvalue weighted by atomic mass is 16.5.